The molecule has 0 radical (unpaired) electrons. The number of nitrogens with zero attached hydrogens (tertiary/aromatic N) is 2. The summed E-state index contributed by atoms with van der Waals surface area (Å²) in [7, 11) is 0. The number of rotatable bonds is 1. The zero-order valence-electron chi connectivity index (χ0n) is 7.41. The smallest absolute Gasteiger partial charge is 0.0994 e. The first-order valence-corrected chi connectivity index (χ1v) is 4.23. The van der Waals surface area contributed by atoms with E-state index >= 15 is 0 Å². The molecule has 0 saturated carbocycles. The maximum absolute atomic E-state index is 4.13. The normalized spacial score (nSPS) is 10.8. The first kappa shape index (κ1) is 7.35. The highest BCUT2D eigenvalue weighted by atomic mass is 15.0. The number of hydrogen-bond acceptors (Lipinski definition) is 1. The van der Waals surface area contributed by atoms with Crippen LogP contribution in [0.1, 0.15) is 18.2 Å². The van der Waals surface area contributed by atoms with Gasteiger partial charge in [-0.05, 0) is 25.0 Å². The molecule has 2 rings (SSSR count). The van der Waals surface area contributed by atoms with E-state index in [4.69, 9.17) is 0 Å². The van der Waals surface area contributed by atoms with Gasteiger partial charge in [0.1, 0.15) is 0 Å². The molecule has 0 N–H and O–H groups in total. The van der Waals surface area contributed by atoms with Gasteiger partial charge in [-0.3, -0.25) is 0 Å². The molecular weight excluding hydrogens is 148 g/mol. The Labute approximate surface area is 71.9 Å². The quantitative estimate of drug-likeness (QED) is 0.625. The Hall–Kier alpha value is -1.31. The molecule has 62 valence electrons. The molecule has 2 aromatic rings. The van der Waals surface area contributed by atoms with Gasteiger partial charge in [-0.25, -0.2) is 4.98 Å². The highest BCUT2D eigenvalue weighted by Gasteiger charge is 2.00. The van der Waals surface area contributed by atoms with Crippen molar-refractivity contribution >= 4 is 5.52 Å². The van der Waals surface area contributed by atoms with Gasteiger partial charge in [0.05, 0.1) is 18.0 Å². The molecule has 2 nitrogen and oxygen atoms in total. The second-order valence-electron chi connectivity index (χ2n) is 3.00. The standard InChI is InChI=1S/C10H12N2/c1-3-9-5-4-8(2)12-7-11-6-10(9)12/h4-7H,3H2,1-2H3. The Balaban J connectivity index is 2.82. The number of fused-ring (bicyclic) bond motifs is 1. The maximum atomic E-state index is 4.13. The van der Waals surface area contributed by atoms with Crippen LogP contribution in [0.2, 0.25) is 0 Å². The fraction of sp³-hybridized carbons (Fsp3) is 0.300. The third kappa shape index (κ3) is 0.916. The minimum absolute atomic E-state index is 1.06. The Morgan fingerprint density at radius 2 is 2.25 bits per heavy atom. The van der Waals surface area contributed by atoms with Crippen LogP contribution < -0.4 is 0 Å². The molecule has 0 unspecified atom stereocenters. The van der Waals surface area contributed by atoms with Crippen LogP contribution in [0.4, 0.5) is 0 Å². The predicted octanol–water partition coefficient (Wildman–Crippen LogP) is 2.21. The van der Waals surface area contributed by atoms with Crippen LogP contribution in [0.25, 0.3) is 5.52 Å². The molecule has 2 heteroatoms. The lowest BCUT2D eigenvalue weighted by atomic mass is 10.2. The molecule has 0 amide bonds. The Morgan fingerprint density at radius 3 is 3.00 bits per heavy atom. The molecule has 0 fully saturated rings. The van der Waals surface area contributed by atoms with Crippen molar-refractivity contribution in [3.8, 4) is 0 Å². The van der Waals surface area contributed by atoms with Gasteiger partial charge in [0, 0.05) is 5.69 Å². The van der Waals surface area contributed by atoms with E-state index in [1.807, 2.05) is 12.5 Å². The molecule has 0 aromatic carbocycles. The molecule has 0 spiro atoms. The van der Waals surface area contributed by atoms with E-state index in [2.05, 4.69) is 35.4 Å². The van der Waals surface area contributed by atoms with Crippen LogP contribution in [-0.2, 0) is 6.42 Å². The van der Waals surface area contributed by atoms with E-state index in [1.54, 1.807) is 0 Å². The zero-order chi connectivity index (χ0) is 8.55. The van der Waals surface area contributed by atoms with E-state index in [1.165, 1.54) is 16.8 Å². The fourth-order valence-electron chi connectivity index (χ4n) is 1.50. The van der Waals surface area contributed by atoms with E-state index in [-0.39, 0.29) is 0 Å². The summed E-state index contributed by atoms with van der Waals surface area (Å²) in [6, 6.07) is 4.31. The van der Waals surface area contributed by atoms with Crippen molar-refractivity contribution in [2.45, 2.75) is 20.3 Å². The lowest BCUT2D eigenvalue weighted by Gasteiger charge is -2.03. The number of hydrogen-bond donors (Lipinski definition) is 0. The van der Waals surface area contributed by atoms with E-state index < -0.39 is 0 Å². The van der Waals surface area contributed by atoms with Crippen LogP contribution >= 0.6 is 0 Å². The highest BCUT2D eigenvalue weighted by molar-refractivity contribution is 5.54. The zero-order valence-corrected chi connectivity index (χ0v) is 7.41. The number of pyridine rings is 1. The Bertz CT molecular complexity index is 401. The summed E-state index contributed by atoms with van der Waals surface area (Å²) in [5, 5.41) is 0. The molecule has 2 heterocycles. The van der Waals surface area contributed by atoms with Crippen molar-refractivity contribution in [3.63, 3.8) is 0 Å². The second kappa shape index (κ2) is 2.63. The minimum Gasteiger partial charge on any atom is -0.303 e. The Kier molecular flexibility index (Phi) is 1.61. The third-order valence-corrected chi connectivity index (χ3v) is 2.25. The molecule has 0 saturated heterocycles. The third-order valence-electron chi connectivity index (χ3n) is 2.25. The lowest BCUT2D eigenvalue weighted by Crippen LogP contribution is -1.92. The van der Waals surface area contributed by atoms with E-state index in [0.717, 1.165) is 6.42 Å². The lowest BCUT2D eigenvalue weighted by molar-refractivity contribution is 1.04. The topological polar surface area (TPSA) is 17.3 Å². The fourth-order valence-corrected chi connectivity index (χ4v) is 1.50. The number of imidazole rings is 1. The van der Waals surface area contributed by atoms with Gasteiger partial charge in [0.15, 0.2) is 0 Å². The summed E-state index contributed by atoms with van der Waals surface area (Å²) >= 11 is 0. The molecule has 2 aromatic heterocycles. The van der Waals surface area contributed by atoms with Gasteiger partial charge in [0.25, 0.3) is 0 Å². The SMILES string of the molecule is CCc1ccc(C)n2cncc12. The average molecular weight is 160 g/mol. The first-order valence-electron chi connectivity index (χ1n) is 4.23. The van der Waals surface area contributed by atoms with Gasteiger partial charge in [0.2, 0.25) is 0 Å². The van der Waals surface area contributed by atoms with Crippen molar-refractivity contribution in [1.29, 1.82) is 0 Å². The summed E-state index contributed by atoms with van der Waals surface area (Å²) in [5.74, 6) is 0. The molecule has 0 bridgehead atoms. The van der Waals surface area contributed by atoms with Crippen molar-refractivity contribution in [3.05, 3.63) is 35.9 Å². The van der Waals surface area contributed by atoms with Gasteiger partial charge < -0.3 is 4.40 Å². The molecule has 0 aliphatic carbocycles. The van der Waals surface area contributed by atoms with E-state index in [0.29, 0.717) is 0 Å². The van der Waals surface area contributed by atoms with Gasteiger partial charge in [-0.1, -0.05) is 13.0 Å². The monoisotopic (exact) mass is 160 g/mol. The number of aromatic nitrogens is 2. The molecule has 0 atom stereocenters. The van der Waals surface area contributed by atoms with Gasteiger partial charge in [-0.2, -0.15) is 0 Å². The summed E-state index contributed by atoms with van der Waals surface area (Å²) in [5.41, 5.74) is 3.83. The van der Waals surface area contributed by atoms with Crippen molar-refractivity contribution in [2.75, 3.05) is 0 Å². The molecule has 0 aliphatic rings. The van der Waals surface area contributed by atoms with Crippen LogP contribution in [0, 0.1) is 6.92 Å². The Morgan fingerprint density at radius 1 is 1.42 bits per heavy atom. The summed E-state index contributed by atoms with van der Waals surface area (Å²) < 4.78 is 2.12. The van der Waals surface area contributed by atoms with Crippen molar-refractivity contribution < 1.29 is 0 Å². The molecular formula is C10H12N2. The first-order chi connectivity index (χ1) is 5.83. The van der Waals surface area contributed by atoms with Crippen LogP contribution in [-0.4, -0.2) is 9.38 Å². The van der Waals surface area contributed by atoms with E-state index in [9.17, 15) is 0 Å². The van der Waals surface area contributed by atoms with Gasteiger partial charge >= 0.3 is 0 Å². The summed E-state index contributed by atoms with van der Waals surface area (Å²) in [4.78, 5) is 4.13. The second-order valence-corrected chi connectivity index (χ2v) is 3.00. The highest BCUT2D eigenvalue weighted by Crippen LogP contribution is 2.12. The average Bonchev–Trinajstić information content (AvgIpc) is 2.54. The molecule has 0 aliphatic heterocycles. The van der Waals surface area contributed by atoms with Crippen molar-refractivity contribution in [1.82, 2.24) is 9.38 Å². The summed E-state index contributed by atoms with van der Waals surface area (Å²) in [6.45, 7) is 4.26. The predicted molar refractivity (Wildman–Crippen MR) is 49.3 cm³/mol. The van der Waals surface area contributed by atoms with Crippen molar-refractivity contribution in [2.24, 2.45) is 0 Å². The summed E-state index contributed by atoms with van der Waals surface area (Å²) in [6.07, 6.45) is 4.85. The maximum Gasteiger partial charge on any atom is 0.0994 e. The largest absolute Gasteiger partial charge is 0.303 e. The van der Waals surface area contributed by atoms with Gasteiger partial charge in [-0.15, -0.1) is 0 Å². The van der Waals surface area contributed by atoms with Crippen LogP contribution in [0.3, 0.4) is 0 Å². The minimum atomic E-state index is 1.06. The molecule has 12 heavy (non-hydrogen) atoms. The number of aryl methyl sites for hydroxylation is 2. The van der Waals surface area contributed by atoms with Crippen LogP contribution in [0.5, 0.6) is 0 Å². The van der Waals surface area contributed by atoms with Crippen LogP contribution in [0.15, 0.2) is 24.7 Å².